The largest absolute Gasteiger partial charge is 0.341 e. The number of para-hydroxylation sites is 2. The second kappa shape index (κ2) is 7.52. The lowest BCUT2D eigenvalue weighted by Crippen LogP contribution is -2.37. The van der Waals surface area contributed by atoms with Crippen LogP contribution in [0.4, 0.5) is 0 Å². The quantitative estimate of drug-likeness (QED) is 0.738. The minimum Gasteiger partial charge on any atom is -0.341 e. The Bertz CT molecular complexity index is 1010. The van der Waals surface area contributed by atoms with Crippen LogP contribution in [0.25, 0.3) is 11.0 Å². The zero-order valence-electron chi connectivity index (χ0n) is 15.7. The van der Waals surface area contributed by atoms with Crippen LogP contribution in [0, 0.1) is 0 Å². The van der Waals surface area contributed by atoms with Gasteiger partial charge in [0.25, 0.3) is 0 Å². The van der Waals surface area contributed by atoms with Crippen molar-refractivity contribution in [2.75, 3.05) is 0 Å². The van der Waals surface area contributed by atoms with E-state index in [1.165, 1.54) is 11.1 Å². The molecule has 0 bridgehead atoms. The molecule has 1 aromatic carbocycles. The topological polar surface area (TPSA) is 57.2 Å². The molecule has 28 heavy (non-hydrogen) atoms. The SMILES string of the molecule is C1=CC2=CC(N(Cc3cccnc3)Cc3nc4ccccc4[nH]3)CCC2N=C1. The summed E-state index contributed by atoms with van der Waals surface area (Å²) in [6.07, 6.45) is 14.5. The number of imidazole rings is 1. The van der Waals surface area contributed by atoms with E-state index >= 15 is 0 Å². The molecule has 1 aliphatic carbocycles. The van der Waals surface area contributed by atoms with Gasteiger partial charge in [0, 0.05) is 31.2 Å². The second-order valence-corrected chi connectivity index (χ2v) is 7.45. The molecule has 0 fully saturated rings. The number of nitrogens with one attached hydrogen (secondary N) is 1. The van der Waals surface area contributed by atoms with Gasteiger partial charge in [0.1, 0.15) is 5.82 Å². The normalized spacial score (nSPS) is 21.1. The number of allylic oxidation sites excluding steroid dienone is 1. The maximum Gasteiger partial charge on any atom is 0.121 e. The van der Waals surface area contributed by atoms with E-state index < -0.39 is 0 Å². The molecule has 0 saturated carbocycles. The van der Waals surface area contributed by atoms with Crippen molar-refractivity contribution in [2.24, 2.45) is 4.99 Å². The van der Waals surface area contributed by atoms with Gasteiger partial charge >= 0.3 is 0 Å². The molecule has 0 saturated heterocycles. The first-order chi connectivity index (χ1) is 13.8. The summed E-state index contributed by atoms with van der Waals surface area (Å²) >= 11 is 0. The van der Waals surface area contributed by atoms with Gasteiger partial charge in [-0.2, -0.15) is 0 Å². The smallest absolute Gasteiger partial charge is 0.121 e. The summed E-state index contributed by atoms with van der Waals surface area (Å²) in [5.41, 5.74) is 4.66. The molecule has 2 aromatic heterocycles. The van der Waals surface area contributed by atoms with Crippen molar-refractivity contribution in [3.05, 3.63) is 84.0 Å². The van der Waals surface area contributed by atoms with Gasteiger partial charge in [-0.1, -0.05) is 30.4 Å². The fourth-order valence-electron chi connectivity index (χ4n) is 4.12. The predicted octanol–water partition coefficient (Wildman–Crippen LogP) is 4.06. The van der Waals surface area contributed by atoms with Crippen LogP contribution in [-0.2, 0) is 13.1 Å². The molecule has 140 valence electrons. The number of H-pyrrole nitrogens is 1. The summed E-state index contributed by atoms with van der Waals surface area (Å²) in [6.45, 7) is 1.62. The van der Waals surface area contributed by atoms with E-state index in [0.717, 1.165) is 42.8 Å². The Morgan fingerprint density at radius 3 is 2.93 bits per heavy atom. The monoisotopic (exact) mass is 369 g/mol. The third kappa shape index (κ3) is 3.53. The Hall–Kier alpha value is -3.05. The third-order valence-corrected chi connectivity index (χ3v) is 5.51. The number of rotatable bonds is 5. The second-order valence-electron chi connectivity index (χ2n) is 7.45. The predicted molar refractivity (Wildman–Crippen MR) is 112 cm³/mol. The number of aromatic nitrogens is 3. The number of pyridine rings is 1. The third-order valence-electron chi connectivity index (χ3n) is 5.51. The van der Waals surface area contributed by atoms with E-state index in [2.05, 4.69) is 50.2 Å². The molecule has 0 spiro atoms. The number of nitrogens with zero attached hydrogens (tertiary/aromatic N) is 4. The van der Waals surface area contributed by atoms with E-state index in [1.807, 2.05) is 42.9 Å². The highest BCUT2D eigenvalue weighted by Crippen LogP contribution is 2.29. The van der Waals surface area contributed by atoms with Crippen molar-refractivity contribution in [3.8, 4) is 0 Å². The van der Waals surface area contributed by atoms with Crippen molar-refractivity contribution in [2.45, 2.75) is 38.0 Å². The van der Waals surface area contributed by atoms with Crippen molar-refractivity contribution < 1.29 is 0 Å². The highest BCUT2D eigenvalue weighted by Gasteiger charge is 2.26. The van der Waals surface area contributed by atoms with Gasteiger partial charge < -0.3 is 4.98 Å². The molecule has 5 rings (SSSR count). The number of hydrogen-bond donors (Lipinski definition) is 1. The fourth-order valence-corrected chi connectivity index (χ4v) is 4.12. The van der Waals surface area contributed by atoms with Crippen molar-refractivity contribution in [1.29, 1.82) is 0 Å². The zero-order chi connectivity index (χ0) is 18.8. The minimum atomic E-state index is 0.327. The van der Waals surface area contributed by atoms with Crippen molar-refractivity contribution in [3.63, 3.8) is 0 Å². The van der Waals surface area contributed by atoms with Crippen LogP contribution in [0.1, 0.15) is 24.2 Å². The highest BCUT2D eigenvalue weighted by atomic mass is 15.2. The lowest BCUT2D eigenvalue weighted by molar-refractivity contribution is 0.188. The molecule has 3 heterocycles. The first kappa shape index (κ1) is 17.1. The van der Waals surface area contributed by atoms with Crippen molar-refractivity contribution >= 4 is 17.2 Å². The van der Waals surface area contributed by atoms with Gasteiger partial charge in [-0.15, -0.1) is 0 Å². The van der Waals surface area contributed by atoms with Crippen LogP contribution >= 0.6 is 0 Å². The number of aromatic amines is 1. The van der Waals surface area contributed by atoms with E-state index in [1.54, 1.807) is 0 Å². The molecule has 1 N–H and O–H groups in total. The van der Waals surface area contributed by atoms with Crippen LogP contribution in [0.5, 0.6) is 0 Å². The van der Waals surface area contributed by atoms with Crippen LogP contribution in [0.15, 0.2) is 77.6 Å². The summed E-state index contributed by atoms with van der Waals surface area (Å²) in [5.74, 6) is 1.00. The summed E-state index contributed by atoms with van der Waals surface area (Å²) in [4.78, 5) is 19.7. The molecule has 2 aliphatic rings. The van der Waals surface area contributed by atoms with Crippen LogP contribution in [-0.4, -0.2) is 38.2 Å². The van der Waals surface area contributed by atoms with E-state index in [9.17, 15) is 0 Å². The van der Waals surface area contributed by atoms with E-state index in [0.29, 0.717) is 12.1 Å². The van der Waals surface area contributed by atoms with E-state index in [-0.39, 0.29) is 0 Å². The first-order valence-electron chi connectivity index (χ1n) is 9.83. The van der Waals surface area contributed by atoms with Crippen LogP contribution < -0.4 is 0 Å². The maximum atomic E-state index is 4.80. The highest BCUT2D eigenvalue weighted by molar-refractivity contribution is 5.75. The number of hydrogen-bond acceptors (Lipinski definition) is 4. The number of dihydropyridines is 1. The summed E-state index contributed by atoms with van der Waals surface area (Å²) in [5, 5.41) is 0. The molecule has 3 aromatic rings. The van der Waals surface area contributed by atoms with E-state index in [4.69, 9.17) is 4.98 Å². The average Bonchev–Trinajstić information content (AvgIpc) is 3.16. The molecule has 5 nitrogen and oxygen atoms in total. The molecule has 0 radical (unpaired) electrons. The minimum absolute atomic E-state index is 0.327. The molecular formula is C23H23N5. The summed E-state index contributed by atoms with van der Waals surface area (Å²) < 4.78 is 0. The molecule has 1 aliphatic heterocycles. The molecule has 2 atom stereocenters. The average molecular weight is 369 g/mol. The van der Waals surface area contributed by atoms with Gasteiger partial charge in [0.05, 0.1) is 23.6 Å². The Labute approximate surface area is 164 Å². The maximum absolute atomic E-state index is 4.80. The molecule has 0 amide bonds. The number of benzene rings is 1. The molecule has 2 unspecified atom stereocenters. The Balaban J connectivity index is 1.44. The van der Waals surface area contributed by atoms with Crippen LogP contribution in [0.3, 0.4) is 0 Å². The number of fused-ring (bicyclic) bond motifs is 2. The zero-order valence-corrected chi connectivity index (χ0v) is 15.7. The van der Waals surface area contributed by atoms with Crippen molar-refractivity contribution in [1.82, 2.24) is 19.9 Å². The first-order valence-corrected chi connectivity index (χ1v) is 9.83. The van der Waals surface area contributed by atoms with Gasteiger partial charge in [-0.25, -0.2) is 4.98 Å². The molecular weight excluding hydrogens is 346 g/mol. The Morgan fingerprint density at radius 2 is 2.04 bits per heavy atom. The van der Waals surface area contributed by atoms with Crippen LogP contribution in [0.2, 0.25) is 0 Å². The van der Waals surface area contributed by atoms with Gasteiger partial charge in [-0.3, -0.25) is 14.9 Å². The Morgan fingerprint density at radius 1 is 1.07 bits per heavy atom. The lowest BCUT2D eigenvalue weighted by atomic mass is 9.89. The molecule has 5 heteroatoms. The summed E-state index contributed by atoms with van der Waals surface area (Å²) in [7, 11) is 0. The van der Waals surface area contributed by atoms with Gasteiger partial charge in [0.2, 0.25) is 0 Å². The van der Waals surface area contributed by atoms with Gasteiger partial charge in [-0.05, 0) is 48.3 Å². The Kier molecular flexibility index (Phi) is 4.59. The lowest BCUT2D eigenvalue weighted by Gasteiger charge is -2.34. The van der Waals surface area contributed by atoms with Gasteiger partial charge in [0.15, 0.2) is 0 Å². The standard InChI is InChI=1S/C23H23N5/c1-2-8-22-21(7-1)26-23(27-22)16-28(15-17-5-3-11-24-14-17)19-9-10-20-18(13-19)6-4-12-25-20/h1-8,11-14,19-20H,9-10,15-16H2,(H,26,27). The number of aliphatic imine (C=N–C) groups is 1. The summed E-state index contributed by atoms with van der Waals surface area (Å²) in [6, 6.07) is 13.0. The fraction of sp³-hybridized carbons (Fsp3) is 0.261.